The minimum Gasteiger partial charge on any atom is -0.477 e. The van der Waals surface area contributed by atoms with Crippen LogP contribution in [-0.4, -0.2) is 16.1 Å². The molecule has 0 fully saturated rings. The molecule has 4 nitrogen and oxygen atoms in total. The van der Waals surface area contributed by atoms with E-state index in [0.717, 1.165) is 0 Å². The number of aromatic nitrogens is 1. The Kier molecular flexibility index (Phi) is 3.84. The van der Waals surface area contributed by atoms with Gasteiger partial charge in [-0.3, -0.25) is 0 Å². The van der Waals surface area contributed by atoms with Crippen LogP contribution < -0.4 is 4.74 Å². The van der Waals surface area contributed by atoms with Gasteiger partial charge in [0.25, 0.3) is 5.92 Å². The van der Waals surface area contributed by atoms with Gasteiger partial charge in [-0.05, 0) is 18.2 Å². The molecule has 0 atom stereocenters. The lowest BCUT2D eigenvalue weighted by molar-refractivity contribution is 0.00810. The van der Waals surface area contributed by atoms with Gasteiger partial charge in [-0.1, -0.05) is 18.2 Å². The molecule has 0 aliphatic carbocycles. The van der Waals surface area contributed by atoms with Crippen molar-refractivity contribution >= 4 is 5.97 Å². The molecular formula is C14H10F3NO3. The van der Waals surface area contributed by atoms with E-state index >= 15 is 0 Å². The van der Waals surface area contributed by atoms with Gasteiger partial charge in [-0.2, -0.15) is 8.78 Å². The molecule has 7 heteroatoms. The first-order chi connectivity index (χ1) is 9.79. The molecule has 2 rings (SSSR count). The van der Waals surface area contributed by atoms with Crippen LogP contribution in [0.5, 0.6) is 11.6 Å². The lowest BCUT2D eigenvalue weighted by Gasteiger charge is -2.14. The van der Waals surface area contributed by atoms with Crippen molar-refractivity contribution < 1.29 is 27.8 Å². The lowest BCUT2D eigenvalue weighted by Crippen LogP contribution is -2.15. The maximum absolute atomic E-state index is 13.6. The minimum atomic E-state index is -3.56. The van der Waals surface area contributed by atoms with Gasteiger partial charge in [0.1, 0.15) is 17.0 Å². The fourth-order valence-electron chi connectivity index (χ4n) is 1.61. The number of carbonyl (C=O) groups is 1. The zero-order valence-corrected chi connectivity index (χ0v) is 10.8. The normalized spacial score (nSPS) is 11.2. The molecule has 1 N–H and O–H groups in total. The highest BCUT2D eigenvalue weighted by Crippen LogP contribution is 2.32. The van der Waals surface area contributed by atoms with Crippen LogP contribution in [0.2, 0.25) is 0 Å². The Balaban J connectivity index is 2.54. The van der Waals surface area contributed by atoms with Crippen LogP contribution in [0.3, 0.4) is 0 Å². The SMILES string of the molecule is CC(F)(F)c1nc(Oc2ccccc2)c(C(=O)O)cc1F. The molecule has 1 aromatic heterocycles. The first-order valence-electron chi connectivity index (χ1n) is 5.84. The van der Waals surface area contributed by atoms with Crippen LogP contribution in [0.1, 0.15) is 23.0 Å². The van der Waals surface area contributed by atoms with Crippen LogP contribution in [0, 0.1) is 5.82 Å². The minimum absolute atomic E-state index is 0.199. The summed E-state index contributed by atoms with van der Waals surface area (Å²) in [5, 5.41) is 8.99. The summed E-state index contributed by atoms with van der Waals surface area (Å²) in [6, 6.07) is 8.35. The van der Waals surface area contributed by atoms with E-state index in [-0.39, 0.29) is 5.75 Å². The fourth-order valence-corrected chi connectivity index (χ4v) is 1.61. The van der Waals surface area contributed by atoms with Crippen LogP contribution in [0.25, 0.3) is 0 Å². The Labute approximate surface area is 117 Å². The Hall–Kier alpha value is -2.57. The summed E-state index contributed by atoms with van der Waals surface area (Å²) in [5.74, 6) is -6.88. The summed E-state index contributed by atoms with van der Waals surface area (Å²) in [7, 11) is 0. The maximum Gasteiger partial charge on any atom is 0.341 e. The van der Waals surface area contributed by atoms with Crippen molar-refractivity contribution in [2.45, 2.75) is 12.8 Å². The second-order valence-corrected chi connectivity index (χ2v) is 4.28. The molecule has 1 heterocycles. The standard InChI is InChI=1S/C14H10F3NO3/c1-14(16,17)11-10(15)7-9(13(19)20)12(18-11)21-8-5-3-2-4-6-8/h2-7H,1H3,(H,19,20). The quantitative estimate of drug-likeness (QED) is 0.932. The van der Waals surface area contributed by atoms with Crippen LogP contribution in [-0.2, 0) is 5.92 Å². The number of benzene rings is 1. The zero-order chi connectivity index (χ0) is 15.6. The maximum atomic E-state index is 13.6. The number of para-hydroxylation sites is 1. The number of carboxylic acids is 1. The molecule has 0 radical (unpaired) electrons. The summed E-state index contributed by atoms with van der Waals surface area (Å²) in [5.41, 5.74) is -1.80. The number of aromatic carboxylic acids is 1. The van der Waals surface area contributed by atoms with Gasteiger partial charge < -0.3 is 9.84 Å². The van der Waals surface area contributed by atoms with Crippen molar-refractivity contribution in [2.24, 2.45) is 0 Å². The van der Waals surface area contributed by atoms with Crippen molar-refractivity contribution in [3.63, 3.8) is 0 Å². The number of hydrogen-bond donors (Lipinski definition) is 1. The number of pyridine rings is 1. The van der Waals surface area contributed by atoms with Crippen molar-refractivity contribution in [1.82, 2.24) is 4.98 Å². The van der Waals surface area contributed by atoms with E-state index in [1.54, 1.807) is 18.2 Å². The summed E-state index contributed by atoms with van der Waals surface area (Å²) in [6.07, 6.45) is 0. The molecule has 0 saturated carbocycles. The van der Waals surface area contributed by atoms with Gasteiger partial charge in [-0.15, -0.1) is 0 Å². The van der Waals surface area contributed by atoms with Gasteiger partial charge >= 0.3 is 5.97 Å². The number of nitrogens with zero attached hydrogens (tertiary/aromatic N) is 1. The van der Waals surface area contributed by atoms with Crippen molar-refractivity contribution in [1.29, 1.82) is 0 Å². The van der Waals surface area contributed by atoms with Gasteiger partial charge in [-0.25, -0.2) is 14.2 Å². The summed E-state index contributed by atoms with van der Waals surface area (Å²) in [6.45, 7) is 0.463. The number of alkyl halides is 2. The van der Waals surface area contributed by atoms with Gasteiger partial charge in [0.15, 0.2) is 5.82 Å². The molecule has 0 bridgehead atoms. The lowest BCUT2D eigenvalue weighted by atomic mass is 10.2. The number of ether oxygens (including phenoxy) is 1. The largest absolute Gasteiger partial charge is 0.477 e. The number of carboxylic acid groups (broad SMARTS) is 1. The van der Waals surface area contributed by atoms with Gasteiger partial charge in [0.2, 0.25) is 5.88 Å². The molecule has 0 unspecified atom stereocenters. The first-order valence-corrected chi connectivity index (χ1v) is 5.84. The summed E-state index contributed by atoms with van der Waals surface area (Å²) >= 11 is 0. The van der Waals surface area contributed by atoms with Crippen molar-refractivity contribution in [3.8, 4) is 11.6 Å². The van der Waals surface area contributed by atoms with E-state index in [1.807, 2.05) is 0 Å². The Morgan fingerprint density at radius 1 is 1.29 bits per heavy atom. The van der Waals surface area contributed by atoms with E-state index in [9.17, 15) is 18.0 Å². The van der Waals surface area contributed by atoms with E-state index in [1.165, 1.54) is 12.1 Å². The average molecular weight is 297 g/mol. The first kappa shape index (κ1) is 14.8. The highest BCUT2D eigenvalue weighted by molar-refractivity contribution is 5.90. The third-order valence-electron chi connectivity index (χ3n) is 2.54. The third-order valence-corrected chi connectivity index (χ3v) is 2.54. The zero-order valence-electron chi connectivity index (χ0n) is 10.8. The van der Waals surface area contributed by atoms with Crippen molar-refractivity contribution in [2.75, 3.05) is 0 Å². The second-order valence-electron chi connectivity index (χ2n) is 4.28. The molecule has 1 aromatic carbocycles. The molecule has 2 aromatic rings. The summed E-state index contributed by atoms with van der Waals surface area (Å²) in [4.78, 5) is 14.4. The number of halogens is 3. The van der Waals surface area contributed by atoms with Crippen LogP contribution >= 0.6 is 0 Å². The molecule has 0 spiro atoms. The fraction of sp³-hybridized carbons (Fsp3) is 0.143. The topological polar surface area (TPSA) is 59.4 Å². The molecule has 0 amide bonds. The molecule has 21 heavy (non-hydrogen) atoms. The second kappa shape index (κ2) is 5.43. The molecule has 0 aliphatic rings. The van der Waals surface area contributed by atoms with Crippen LogP contribution in [0.15, 0.2) is 36.4 Å². The monoisotopic (exact) mass is 297 g/mol. The number of rotatable bonds is 4. The van der Waals surface area contributed by atoms with Gasteiger partial charge in [0.05, 0.1) is 0 Å². The van der Waals surface area contributed by atoms with E-state index in [2.05, 4.69) is 4.98 Å². The molecular weight excluding hydrogens is 287 g/mol. The summed E-state index contributed by atoms with van der Waals surface area (Å²) < 4.78 is 45.3. The Morgan fingerprint density at radius 3 is 2.43 bits per heavy atom. The predicted molar refractivity (Wildman–Crippen MR) is 67.2 cm³/mol. The van der Waals surface area contributed by atoms with E-state index < -0.39 is 34.8 Å². The average Bonchev–Trinajstić information content (AvgIpc) is 2.40. The smallest absolute Gasteiger partial charge is 0.341 e. The van der Waals surface area contributed by atoms with Gasteiger partial charge in [0, 0.05) is 6.92 Å². The van der Waals surface area contributed by atoms with Crippen molar-refractivity contribution in [3.05, 3.63) is 53.5 Å². The molecule has 0 aliphatic heterocycles. The molecule has 110 valence electrons. The molecule has 0 saturated heterocycles. The highest BCUT2D eigenvalue weighted by Gasteiger charge is 2.33. The third kappa shape index (κ3) is 3.31. The highest BCUT2D eigenvalue weighted by atomic mass is 19.3. The van der Waals surface area contributed by atoms with E-state index in [4.69, 9.17) is 9.84 Å². The van der Waals surface area contributed by atoms with E-state index in [0.29, 0.717) is 13.0 Å². The Morgan fingerprint density at radius 2 is 1.90 bits per heavy atom. The Bertz CT molecular complexity index is 669. The van der Waals surface area contributed by atoms with Crippen LogP contribution in [0.4, 0.5) is 13.2 Å². The number of hydrogen-bond acceptors (Lipinski definition) is 3. The predicted octanol–water partition coefficient (Wildman–Crippen LogP) is 3.82.